The van der Waals surface area contributed by atoms with Crippen molar-refractivity contribution < 1.29 is 0 Å². The van der Waals surface area contributed by atoms with Gasteiger partial charge in [0.2, 0.25) is 5.95 Å². The molecule has 0 fully saturated rings. The topological polar surface area (TPSA) is 88.8 Å². The third-order valence-electron chi connectivity index (χ3n) is 7.38. The second-order valence-electron chi connectivity index (χ2n) is 10.2. The van der Waals surface area contributed by atoms with Crippen LogP contribution in [0.15, 0.2) is 90.1 Å². The Kier molecular flexibility index (Phi) is 7.59. The van der Waals surface area contributed by atoms with E-state index in [1.54, 1.807) is 41.4 Å². The summed E-state index contributed by atoms with van der Waals surface area (Å²) in [5, 5.41) is 4.49. The molecule has 0 bridgehead atoms. The molecule has 1 N–H and O–H groups in total. The van der Waals surface area contributed by atoms with Crippen LogP contribution in [0.4, 0.5) is 11.6 Å². The van der Waals surface area contributed by atoms with E-state index in [1.165, 1.54) is 5.56 Å². The maximum absolute atomic E-state index is 13.6. The average molecular weight is 564 g/mol. The van der Waals surface area contributed by atoms with Gasteiger partial charge >= 0.3 is 0 Å². The van der Waals surface area contributed by atoms with Gasteiger partial charge < -0.3 is 10.2 Å². The number of nitrogens with zero attached hydrogens (tertiary/aromatic N) is 6. The van der Waals surface area contributed by atoms with Crippen LogP contribution in [0.5, 0.6) is 0 Å². The second kappa shape index (κ2) is 11.6. The molecule has 4 heterocycles. The van der Waals surface area contributed by atoms with Crippen LogP contribution in [0.3, 0.4) is 0 Å². The van der Waals surface area contributed by atoms with Crippen LogP contribution < -0.4 is 10.9 Å². The zero-order chi connectivity index (χ0) is 28.3. The lowest BCUT2D eigenvalue weighted by Gasteiger charge is -2.19. The first kappa shape index (κ1) is 26.8. The summed E-state index contributed by atoms with van der Waals surface area (Å²) in [5.74, 6) is 1.37. The number of pyridine rings is 1. The van der Waals surface area contributed by atoms with Crippen molar-refractivity contribution in [2.24, 2.45) is 0 Å². The number of likely N-dealkylation sites (N-methyl/N-ethyl adjacent to an activating group) is 1. The Hall–Kier alpha value is -4.40. The quantitative estimate of drug-likeness (QED) is 0.242. The van der Waals surface area contributed by atoms with Crippen LogP contribution in [0.2, 0.25) is 5.02 Å². The molecule has 1 atom stereocenters. The fraction of sp³-hybridized carbons (Fsp3) is 0.219. The van der Waals surface area contributed by atoms with Crippen molar-refractivity contribution in [3.63, 3.8) is 0 Å². The highest BCUT2D eigenvalue weighted by Crippen LogP contribution is 2.31. The zero-order valence-corrected chi connectivity index (χ0v) is 23.7. The van der Waals surface area contributed by atoms with E-state index in [2.05, 4.69) is 56.5 Å². The summed E-state index contributed by atoms with van der Waals surface area (Å²) < 4.78 is 1.65. The minimum absolute atomic E-state index is 0.166. The molecule has 1 unspecified atom stereocenters. The number of hydrogen-bond acceptors (Lipinski definition) is 7. The SMILES string of the molecule is CCn1c(=O)c(-c2ccc(-c3ncccn3)cc2Cl)cc2cnc(Nc3ccc(C4C=CCCN(C)C4)cc3)nc21. The van der Waals surface area contributed by atoms with E-state index in [0.717, 1.165) is 36.1 Å². The highest BCUT2D eigenvalue weighted by atomic mass is 35.5. The van der Waals surface area contributed by atoms with Crippen molar-refractivity contribution in [1.29, 1.82) is 0 Å². The summed E-state index contributed by atoms with van der Waals surface area (Å²) in [6.07, 6.45) is 10.8. The van der Waals surface area contributed by atoms with Gasteiger partial charge in [-0.2, -0.15) is 4.98 Å². The molecule has 2 aromatic carbocycles. The van der Waals surface area contributed by atoms with Gasteiger partial charge in [0.1, 0.15) is 5.65 Å². The van der Waals surface area contributed by atoms with E-state index >= 15 is 0 Å². The average Bonchev–Trinajstić information content (AvgIpc) is 3.22. The van der Waals surface area contributed by atoms with Crippen molar-refractivity contribution >= 4 is 34.3 Å². The summed E-state index contributed by atoms with van der Waals surface area (Å²) in [5.41, 5.74) is 4.46. The van der Waals surface area contributed by atoms with E-state index < -0.39 is 0 Å². The van der Waals surface area contributed by atoms with Crippen LogP contribution in [0.25, 0.3) is 33.5 Å². The third-order valence-corrected chi connectivity index (χ3v) is 7.69. The zero-order valence-electron chi connectivity index (χ0n) is 23.0. The number of rotatable bonds is 6. The monoisotopic (exact) mass is 563 g/mol. The maximum Gasteiger partial charge on any atom is 0.260 e. The lowest BCUT2D eigenvalue weighted by atomic mass is 9.98. The van der Waals surface area contributed by atoms with Gasteiger partial charge in [0, 0.05) is 76.9 Å². The molecule has 206 valence electrons. The largest absolute Gasteiger partial charge is 0.324 e. The van der Waals surface area contributed by atoms with Gasteiger partial charge in [0.15, 0.2) is 5.82 Å². The lowest BCUT2D eigenvalue weighted by Crippen LogP contribution is -2.23. The van der Waals surface area contributed by atoms with Gasteiger partial charge in [-0.3, -0.25) is 9.36 Å². The van der Waals surface area contributed by atoms with Crippen LogP contribution in [0.1, 0.15) is 24.8 Å². The predicted molar refractivity (Wildman–Crippen MR) is 165 cm³/mol. The van der Waals surface area contributed by atoms with Crippen molar-refractivity contribution in [3.05, 3.63) is 106 Å². The molecule has 8 nitrogen and oxygen atoms in total. The third kappa shape index (κ3) is 5.62. The van der Waals surface area contributed by atoms with Gasteiger partial charge in [-0.25, -0.2) is 15.0 Å². The Bertz CT molecular complexity index is 1780. The van der Waals surface area contributed by atoms with Crippen LogP contribution >= 0.6 is 11.6 Å². The standard InChI is InChI=1S/C32H30ClN7O/c1-3-40-30-24(17-27(31(40)41)26-13-10-22(18-28(26)33)29-34-14-6-15-35-29)19-36-32(38-30)37-25-11-8-21(9-12-25)23-7-4-5-16-39(2)20-23/h4,6-15,17-19,23H,3,5,16,20H2,1-2H3,(H,36,37,38). The van der Waals surface area contributed by atoms with E-state index in [-0.39, 0.29) is 5.56 Å². The number of fused-ring (bicyclic) bond motifs is 1. The molecule has 0 amide bonds. The number of aryl methyl sites for hydroxylation is 1. The minimum Gasteiger partial charge on any atom is -0.324 e. The fourth-order valence-electron chi connectivity index (χ4n) is 5.23. The Morgan fingerprint density at radius 3 is 2.59 bits per heavy atom. The van der Waals surface area contributed by atoms with Gasteiger partial charge in [0.05, 0.1) is 0 Å². The van der Waals surface area contributed by atoms with E-state index in [1.807, 2.05) is 31.2 Å². The van der Waals surface area contributed by atoms with Crippen LogP contribution in [-0.4, -0.2) is 49.5 Å². The molecule has 0 aliphatic carbocycles. The minimum atomic E-state index is -0.166. The Morgan fingerprint density at radius 2 is 1.83 bits per heavy atom. The number of nitrogens with one attached hydrogen (secondary N) is 1. The van der Waals surface area contributed by atoms with Crippen LogP contribution in [-0.2, 0) is 6.54 Å². The maximum atomic E-state index is 13.6. The predicted octanol–water partition coefficient (Wildman–Crippen LogP) is 6.31. The lowest BCUT2D eigenvalue weighted by molar-refractivity contribution is 0.339. The second-order valence-corrected chi connectivity index (χ2v) is 10.6. The van der Waals surface area contributed by atoms with Gasteiger partial charge in [-0.05, 0) is 56.3 Å². The molecule has 1 aliphatic rings. The Morgan fingerprint density at radius 1 is 1.02 bits per heavy atom. The molecule has 9 heteroatoms. The Labute approximate surface area is 243 Å². The van der Waals surface area contributed by atoms with Crippen molar-refractivity contribution in [3.8, 4) is 22.5 Å². The highest BCUT2D eigenvalue weighted by molar-refractivity contribution is 6.33. The molecule has 0 spiro atoms. The molecular weight excluding hydrogens is 534 g/mol. The number of aromatic nitrogens is 5. The molecule has 0 radical (unpaired) electrons. The van der Waals surface area contributed by atoms with Crippen LogP contribution in [0, 0.1) is 0 Å². The van der Waals surface area contributed by atoms with Crippen molar-refractivity contribution in [1.82, 2.24) is 29.4 Å². The molecular formula is C32H30ClN7O. The number of hydrogen-bond donors (Lipinski definition) is 1. The van der Waals surface area contributed by atoms with Gasteiger partial charge in [-0.15, -0.1) is 0 Å². The molecule has 0 saturated heterocycles. The summed E-state index contributed by atoms with van der Waals surface area (Å²) in [6.45, 7) is 4.46. The molecule has 1 aliphatic heterocycles. The smallest absolute Gasteiger partial charge is 0.260 e. The number of benzene rings is 2. The summed E-state index contributed by atoms with van der Waals surface area (Å²) in [6, 6.07) is 17.4. The number of anilines is 2. The normalized spacial score (nSPS) is 15.6. The summed E-state index contributed by atoms with van der Waals surface area (Å²) in [7, 11) is 2.16. The first-order valence-electron chi connectivity index (χ1n) is 13.7. The van der Waals surface area contributed by atoms with E-state index in [0.29, 0.717) is 46.0 Å². The van der Waals surface area contributed by atoms with E-state index in [4.69, 9.17) is 16.6 Å². The summed E-state index contributed by atoms with van der Waals surface area (Å²) >= 11 is 6.67. The first-order chi connectivity index (χ1) is 20.0. The molecule has 5 aromatic rings. The molecule has 41 heavy (non-hydrogen) atoms. The van der Waals surface area contributed by atoms with Crippen molar-refractivity contribution in [2.75, 3.05) is 25.5 Å². The summed E-state index contributed by atoms with van der Waals surface area (Å²) in [4.78, 5) is 33.8. The van der Waals surface area contributed by atoms with E-state index in [9.17, 15) is 4.79 Å². The molecule has 6 rings (SSSR count). The molecule has 3 aromatic heterocycles. The number of halogens is 1. The molecule has 0 saturated carbocycles. The van der Waals surface area contributed by atoms with Gasteiger partial charge in [-0.1, -0.05) is 48.0 Å². The Balaban J connectivity index is 1.29. The van der Waals surface area contributed by atoms with Gasteiger partial charge in [0.25, 0.3) is 5.56 Å². The fourth-order valence-corrected chi connectivity index (χ4v) is 5.51. The van der Waals surface area contributed by atoms with Crippen molar-refractivity contribution in [2.45, 2.75) is 25.8 Å². The highest BCUT2D eigenvalue weighted by Gasteiger charge is 2.17. The first-order valence-corrected chi connectivity index (χ1v) is 14.1.